The van der Waals surface area contributed by atoms with Crippen LogP contribution in [-0.2, 0) is 9.59 Å². The number of hydrogen-bond acceptors (Lipinski definition) is 5. The first-order valence-electron chi connectivity index (χ1n) is 8.67. The summed E-state index contributed by atoms with van der Waals surface area (Å²) in [5.74, 6) is 0.0485. The molecule has 5 nitrogen and oxygen atoms in total. The molecule has 0 saturated carbocycles. The zero-order valence-corrected chi connectivity index (χ0v) is 15.5. The monoisotopic (exact) mass is 355 g/mol. The summed E-state index contributed by atoms with van der Waals surface area (Å²) in [7, 11) is 2.69. The number of rotatable bonds is 3. The highest BCUT2D eigenvalue weighted by Crippen LogP contribution is 2.33. The Morgan fingerprint density at radius 3 is 1.88 bits per heavy atom. The average molecular weight is 355 g/mol. The molecule has 3 aliphatic heterocycles. The van der Waals surface area contributed by atoms with Gasteiger partial charge < -0.3 is 14.7 Å². The SMILES string of the molecule is Cc1ccccc1P.O=C1C=C(N2CC2)C(=O)C(N2CC2)=C1N1CC1. The maximum absolute atomic E-state index is 12.4. The van der Waals surface area contributed by atoms with Crippen LogP contribution in [0.5, 0.6) is 0 Å². The summed E-state index contributed by atoms with van der Waals surface area (Å²) in [4.78, 5) is 30.5. The Kier molecular flexibility index (Phi) is 4.12. The van der Waals surface area contributed by atoms with Crippen LogP contribution in [0.15, 0.2) is 47.4 Å². The van der Waals surface area contributed by atoms with E-state index < -0.39 is 0 Å². The van der Waals surface area contributed by atoms with Gasteiger partial charge in [0.15, 0.2) is 0 Å². The summed E-state index contributed by atoms with van der Waals surface area (Å²) < 4.78 is 0. The average Bonchev–Trinajstić information content (AvgIpc) is 3.46. The molecule has 6 heteroatoms. The van der Waals surface area contributed by atoms with E-state index in [9.17, 15) is 9.59 Å². The van der Waals surface area contributed by atoms with E-state index >= 15 is 0 Å². The molecule has 3 fully saturated rings. The van der Waals surface area contributed by atoms with E-state index in [1.165, 1.54) is 16.9 Å². The summed E-state index contributed by atoms with van der Waals surface area (Å²) in [5, 5.41) is 1.28. The van der Waals surface area contributed by atoms with Crippen molar-refractivity contribution in [3.8, 4) is 0 Å². The first-order chi connectivity index (χ1) is 12.1. The third kappa shape index (κ3) is 3.47. The molecule has 130 valence electrons. The fourth-order valence-corrected chi connectivity index (χ4v) is 3.07. The number of aryl methyl sites for hydroxylation is 1. The molecule has 3 saturated heterocycles. The number of Topliss-reactive ketones (excluding diaryl/α,β-unsaturated/α-hetero) is 1. The van der Waals surface area contributed by atoms with Crippen LogP contribution in [0.2, 0.25) is 0 Å². The van der Waals surface area contributed by atoms with Gasteiger partial charge in [-0.3, -0.25) is 9.59 Å². The van der Waals surface area contributed by atoms with E-state index in [2.05, 4.69) is 28.3 Å². The smallest absolute Gasteiger partial charge is 0.227 e. The van der Waals surface area contributed by atoms with Gasteiger partial charge in [0, 0.05) is 45.3 Å². The van der Waals surface area contributed by atoms with E-state index in [-0.39, 0.29) is 11.6 Å². The van der Waals surface area contributed by atoms with Crippen LogP contribution < -0.4 is 5.30 Å². The fourth-order valence-electron chi connectivity index (χ4n) is 2.86. The molecule has 0 bridgehead atoms. The Hall–Kier alpha value is -2.13. The van der Waals surface area contributed by atoms with Crippen LogP contribution in [0.4, 0.5) is 0 Å². The van der Waals surface area contributed by atoms with Gasteiger partial charge >= 0.3 is 0 Å². The third-order valence-electron chi connectivity index (χ3n) is 4.68. The highest BCUT2D eigenvalue weighted by atomic mass is 31.0. The molecule has 5 rings (SSSR count). The minimum Gasteiger partial charge on any atom is -0.365 e. The highest BCUT2D eigenvalue weighted by molar-refractivity contribution is 7.27. The summed E-state index contributed by atoms with van der Waals surface area (Å²) in [6.07, 6.45) is 1.52. The lowest BCUT2D eigenvalue weighted by molar-refractivity contribution is -0.117. The van der Waals surface area contributed by atoms with Crippen LogP contribution in [0.1, 0.15) is 5.56 Å². The normalized spacial score (nSPS) is 21.0. The second-order valence-electron chi connectivity index (χ2n) is 6.74. The molecule has 0 radical (unpaired) electrons. The van der Waals surface area contributed by atoms with Crippen LogP contribution in [0.3, 0.4) is 0 Å². The second-order valence-corrected chi connectivity index (χ2v) is 7.36. The molecular weight excluding hydrogens is 333 g/mol. The van der Waals surface area contributed by atoms with Crippen molar-refractivity contribution in [1.29, 1.82) is 0 Å². The van der Waals surface area contributed by atoms with Crippen molar-refractivity contribution in [3.63, 3.8) is 0 Å². The summed E-state index contributed by atoms with van der Waals surface area (Å²) in [6, 6.07) is 8.26. The van der Waals surface area contributed by atoms with Crippen molar-refractivity contribution < 1.29 is 9.59 Å². The zero-order valence-electron chi connectivity index (χ0n) is 14.4. The molecule has 0 amide bonds. The van der Waals surface area contributed by atoms with Crippen molar-refractivity contribution >= 4 is 26.1 Å². The van der Waals surface area contributed by atoms with Crippen LogP contribution in [-0.4, -0.2) is 65.5 Å². The van der Waals surface area contributed by atoms with Gasteiger partial charge in [-0.2, -0.15) is 0 Å². The number of allylic oxidation sites excluding steroid dienone is 1. The molecule has 1 atom stereocenters. The van der Waals surface area contributed by atoms with Gasteiger partial charge in [0.2, 0.25) is 11.6 Å². The topological polar surface area (TPSA) is 43.2 Å². The largest absolute Gasteiger partial charge is 0.365 e. The molecule has 1 aliphatic carbocycles. The molecule has 1 unspecified atom stereocenters. The summed E-state index contributed by atoms with van der Waals surface area (Å²) in [5.41, 5.74) is 3.22. The fraction of sp³-hybridized carbons (Fsp3) is 0.368. The standard InChI is InChI=1S/C12H13N3O2.C7H9P/c16-9-7-8(13-1-2-13)12(17)11(15-5-6-15)10(9)14-3-4-14;1-6-4-2-3-5-7(6)8/h7H,1-6H2;2-5H,8H2,1H3. The second kappa shape index (κ2) is 6.30. The van der Waals surface area contributed by atoms with E-state index in [1.54, 1.807) is 0 Å². The van der Waals surface area contributed by atoms with Crippen LogP contribution >= 0.6 is 9.24 Å². The molecule has 1 aromatic carbocycles. The van der Waals surface area contributed by atoms with Gasteiger partial charge in [0.05, 0.1) is 5.70 Å². The van der Waals surface area contributed by atoms with Crippen molar-refractivity contribution in [2.75, 3.05) is 39.3 Å². The molecule has 0 N–H and O–H groups in total. The number of benzene rings is 1. The predicted molar refractivity (Wildman–Crippen MR) is 100 cm³/mol. The van der Waals surface area contributed by atoms with Crippen molar-refractivity contribution in [1.82, 2.24) is 14.7 Å². The van der Waals surface area contributed by atoms with Gasteiger partial charge in [-0.25, -0.2) is 0 Å². The first kappa shape index (κ1) is 16.3. The van der Waals surface area contributed by atoms with Crippen molar-refractivity contribution in [2.45, 2.75) is 6.92 Å². The Labute approximate surface area is 150 Å². The summed E-state index contributed by atoms with van der Waals surface area (Å²) >= 11 is 0. The first-order valence-corrected chi connectivity index (χ1v) is 9.25. The molecule has 0 aromatic heterocycles. The van der Waals surface area contributed by atoms with Gasteiger partial charge in [0.1, 0.15) is 11.4 Å². The molecule has 0 spiro atoms. The minimum atomic E-state index is 0.00546. The maximum atomic E-state index is 12.4. The lowest BCUT2D eigenvalue weighted by atomic mass is 10.0. The molecular formula is C19H22N3O2P. The van der Waals surface area contributed by atoms with E-state index in [4.69, 9.17) is 0 Å². The highest BCUT2D eigenvalue weighted by Gasteiger charge is 2.43. The lowest BCUT2D eigenvalue weighted by Gasteiger charge is -2.21. The summed E-state index contributed by atoms with van der Waals surface area (Å²) in [6.45, 7) is 7.51. The van der Waals surface area contributed by atoms with Crippen LogP contribution in [0, 0.1) is 6.92 Å². The van der Waals surface area contributed by atoms with Crippen molar-refractivity contribution in [2.24, 2.45) is 0 Å². The van der Waals surface area contributed by atoms with E-state index in [0.29, 0.717) is 17.1 Å². The molecule has 1 aromatic rings. The Morgan fingerprint density at radius 1 is 0.840 bits per heavy atom. The Morgan fingerprint density at radius 2 is 1.40 bits per heavy atom. The van der Waals surface area contributed by atoms with Gasteiger partial charge in [0.25, 0.3) is 0 Å². The Bertz CT molecular complexity index is 782. The molecule has 3 heterocycles. The van der Waals surface area contributed by atoms with Gasteiger partial charge in [-0.1, -0.05) is 24.3 Å². The predicted octanol–water partition coefficient (Wildman–Crippen LogP) is 0.676. The number of hydrogen-bond donors (Lipinski definition) is 0. The number of carbonyl (C=O) groups excluding carboxylic acids is 2. The Balaban J connectivity index is 0.000000166. The maximum Gasteiger partial charge on any atom is 0.227 e. The van der Waals surface area contributed by atoms with Crippen LogP contribution in [0.25, 0.3) is 0 Å². The van der Waals surface area contributed by atoms with E-state index in [1.807, 2.05) is 26.8 Å². The zero-order chi connectivity index (χ0) is 17.6. The third-order valence-corrected chi connectivity index (χ3v) is 5.32. The minimum absolute atomic E-state index is 0.00546. The van der Waals surface area contributed by atoms with Gasteiger partial charge in [-0.05, 0) is 17.8 Å². The number of carbonyl (C=O) groups is 2. The quantitative estimate of drug-likeness (QED) is 0.453. The molecule has 4 aliphatic rings. The number of nitrogens with zero attached hydrogens (tertiary/aromatic N) is 3. The molecule has 25 heavy (non-hydrogen) atoms. The van der Waals surface area contributed by atoms with Crippen molar-refractivity contribution in [3.05, 3.63) is 53.0 Å². The number of ketones is 2. The lowest BCUT2D eigenvalue weighted by Crippen LogP contribution is -2.29. The van der Waals surface area contributed by atoms with Gasteiger partial charge in [-0.15, -0.1) is 9.24 Å². The van der Waals surface area contributed by atoms with E-state index in [0.717, 1.165) is 39.3 Å².